The van der Waals surface area contributed by atoms with Gasteiger partial charge in [-0.1, -0.05) is 35.9 Å². The molecule has 0 fully saturated rings. The van der Waals surface area contributed by atoms with Crippen molar-refractivity contribution >= 4 is 28.9 Å². The van der Waals surface area contributed by atoms with Gasteiger partial charge in [-0.25, -0.2) is 0 Å². The highest BCUT2D eigenvalue weighted by Crippen LogP contribution is 2.34. The number of carbonyl (C=O) groups excluding carboxylic acids is 1. The van der Waals surface area contributed by atoms with E-state index in [1.807, 2.05) is 49.4 Å². The number of nitrogens with one attached hydrogen (secondary N) is 2. The Morgan fingerprint density at radius 3 is 2.84 bits per heavy atom. The minimum absolute atomic E-state index is 0.0411. The molecule has 0 saturated carbocycles. The number of amides is 1. The lowest BCUT2D eigenvalue weighted by Gasteiger charge is -2.15. The van der Waals surface area contributed by atoms with Crippen molar-refractivity contribution in [2.75, 3.05) is 10.6 Å². The summed E-state index contributed by atoms with van der Waals surface area (Å²) in [5, 5.41) is 6.78. The van der Waals surface area contributed by atoms with E-state index >= 15 is 0 Å². The molecule has 19 heavy (non-hydrogen) atoms. The van der Waals surface area contributed by atoms with Crippen LogP contribution >= 0.6 is 11.6 Å². The highest BCUT2D eigenvalue weighted by atomic mass is 35.5. The lowest BCUT2D eigenvalue weighted by Crippen LogP contribution is -2.20. The van der Waals surface area contributed by atoms with E-state index in [-0.39, 0.29) is 11.9 Å². The molecule has 3 nitrogen and oxygen atoms in total. The Morgan fingerprint density at radius 1 is 1.21 bits per heavy atom. The van der Waals surface area contributed by atoms with Crippen molar-refractivity contribution in [2.24, 2.45) is 0 Å². The second kappa shape index (κ2) is 4.59. The third kappa shape index (κ3) is 2.17. The first-order valence-corrected chi connectivity index (χ1v) is 6.45. The van der Waals surface area contributed by atoms with Crippen LogP contribution < -0.4 is 10.6 Å². The van der Waals surface area contributed by atoms with Crippen LogP contribution in [-0.2, 0) is 4.79 Å². The van der Waals surface area contributed by atoms with Crippen LogP contribution in [0, 0.1) is 6.92 Å². The number of para-hydroxylation sites is 1. The molecular weight excluding hydrogens is 260 g/mol. The fraction of sp³-hybridized carbons (Fsp3) is 0.133. The first-order chi connectivity index (χ1) is 9.15. The fourth-order valence-electron chi connectivity index (χ4n) is 2.26. The maximum Gasteiger partial charge on any atom is 0.251 e. The molecule has 1 aliphatic rings. The molecule has 1 aliphatic heterocycles. The van der Waals surface area contributed by atoms with E-state index in [1.165, 1.54) is 0 Å². The van der Waals surface area contributed by atoms with Gasteiger partial charge in [-0.05, 0) is 30.7 Å². The summed E-state index contributed by atoms with van der Waals surface area (Å²) in [5.41, 5.74) is 3.77. The molecule has 0 aromatic heterocycles. The van der Waals surface area contributed by atoms with E-state index in [4.69, 9.17) is 11.6 Å². The van der Waals surface area contributed by atoms with Gasteiger partial charge in [0.15, 0.2) is 0 Å². The van der Waals surface area contributed by atoms with Crippen LogP contribution in [0.2, 0.25) is 5.02 Å². The van der Waals surface area contributed by atoms with Gasteiger partial charge >= 0.3 is 0 Å². The number of hydrogen-bond donors (Lipinski definition) is 2. The van der Waals surface area contributed by atoms with E-state index in [0.29, 0.717) is 5.02 Å². The van der Waals surface area contributed by atoms with Crippen molar-refractivity contribution in [3.8, 4) is 0 Å². The maximum atomic E-state index is 12.0. The predicted molar refractivity (Wildman–Crippen MR) is 77.6 cm³/mol. The van der Waals surface area contributed by atoms with Gasteiger partial charge < -0.3 is 10.6 Å². The third-order valence-electron chi connectivity index (χ3n) is 3.29. The number of benzene rings is 2. The first kappa shape index (κ1) is 12.1. The standard InChI is InChI=1S/C15H13ClN2O/c1-9-6-7-10(16)8-13(9)17-14-11-4-2-3-5-12(11)18-15(14)19/h2-8,14,17H,1H3,(H,18,19). The van der Waals surface area contributed by atoms with E-state index in [9.17, 15) is 4.79 Å². The van der Waals surface area contributed by atoms with Crippen LogP contribution in [-0.4, -0.2) is 5.91 Å². The van der Waals surface area contributed by atoms with Crippen LogP contribution in [0.25, 0.3) is 0 Å². The molecule has 2 N–H and O–H groups in total. The largest absolute Gasteiger partial charge is 0.370 e. The average molecular weight is 273 g/mol. The number of hydrogen-bond acceptors (Lipinski definition) is 2. The number of halogens is 1. The Balaban J connectivity index is 1.95. The molecule has 1 unspecified atom stereocenters. The minimum atomic E-state index is -0.367. The molecule has 3 rings (SSSR count). The zero-order valence-electron chi connectivity index (χ0n) is 10.4. The summed E-state index contributed by atoms with van der Waals surface area (Å²) in [7, 11) is 0. The van der Waals surface area contributed by atoms with Gasteiger partial charge in [0.05, 0.1) is 0 Å². The minimum Gasteiger partial charge on any atom is -0.370 e. The van der Waals surface area contributed by atoms with Crippen molar-refractivity contribution in [3.05, 3.63) is 58.6 Å². The Bertz CT molecular complexity index is 654. The highest BCUT2D eigenvalue weighted by Gasteiger charge is 2.30. The Labute approximate surface area is 116 Å². The monoisotopic (exact) mass is 272 g/mol. The summed E-state index contributed by atoms with van der Waals surface area (Å²) in [6.07, 6.45) is 0. The van der Waals surface area contributed by atoms with Crippen molar-refractivity contribution in [2.45, 2.75) is 13.0 Å². The summed E-state index contributed by atoms with van der Waals surface area (Å²) in [5.74, 6) is -0.0411. The van der Waals surface area contributed by atoms with Gasteiger partial charge in [0.25, 0.3) is 5.91 Å². The summed E-state index contributed by atoms with van der Waals surface area (Å²) < 4.78 is 0. The number of carbonyl (C=O) groups is 1. The van der Waals surface area contributed by atoms with Crippen LogP contribution in [0.5, 0.6) is 0 Å². The summed E-state index contributed by atoms with van der Waals surface area (Å²) in [6.45, 7) is 1.98. The molecule has 2 aromatic rings. The van der Waals surface area contributed by atoms with Crippen molar-refractivity contribution in [1.82, 2.24) is 0 Å². The second-order valence-electron chi connectivity index (χ2n) is 4.61. The SMILES string of the molecule is Cc1ccc(Cl)cc1NC1C(=O)Nc2ccccc21. The lowest BCUT2D eigenvalue weighted by atomic mass is 10.1. The van der Waals surface area contributed by atoms with Gasteiger partial charge in [0, 0.05) is 22.0 Å². The van der Waals surface area contributed by atoms with Crippen molar-refractivity contribution in [1.29, 1.82) is 0 Å². The van der Waals surface area contributed by atoms with Crippen molar-refractivity contribution < 1.29 is 4.79 Å². The molecule has 96 valence electrons. The van der Waals surface area contributed by atoms with Gasteiger partial charge in [0.2, 0.25) is 0 Å². The average Bonchev–Trinajstić information content (AvgIpc) is 2.71. The van der Waals surface area contributed by atoms with Crippen molar-refractivity contribution in [3.63, 3.8) is 0 Å². The smallest absolute Gasteiger partial charge is 0.251 e. The van der Waals surface area contributed by atoms with E-state index in [2.05, 4.69) is 10.6 Å². The molecule has 2 aromatic carbocycles. The Hall–Kier alpha value is -2.00. The number of anilines is 2. The summed E-state index contributed by atoms with van der Waals surface area (Å²) >= 11 is 6.00. The number of aryl methyl sites for hydroxylation is 1. The Kier molecular flexibility index (Phi) is 2.91. The molecule has 1 amide bonds. The fourth-order valence-corrected chi connectivity index (χ4v) is 2.43. The number of rotatable bonds is 2. The quantitative estimate of drug-likeness (QED) is 0.874. The molecule has 1 atom stereocenters. The lowest BCUT2D eigenvalue weighted by molar-refractivity contribution is -0.116. The maximum absolute atomic E-state index is 12.0. The summed E-state index contributed by atoms with van der Waals surface area (Å²) in [6, 6.07) is 12.9. The molecular formula is C15H13ClN2O. The molecule has 0 spiro atoms. The Morgan fingerprint density at radius 2 is 2.00 bits per heavy atom. The third-order valence-corrected chi connectivity index (χ3v) is 3.53. The van der Waals surface area contributed by atoms with Crippen LogP contribution in [0.1, 0.15) is 17.2 Å². The van der Waals surface area contributed by atoms with Gasteiger partial charge in [0.1, 0.15) is 6.04 Å². The molecule has 0 saturated heterocycles. The predicted octanol–water partition coefficient (Wildman–Crippen LogP) is 3.75. The first-order valence-electron chi connectivity index (χ1n) is 6.07. The second-order valence-corrected chi connectivity index (χ2v) is 5.05. The topological polar surface area (TPSA) is 41.1 Å². The van der Waals surface area contributed by atoms with E-state index < -0.39 is 0 Å². The molecule has 0 bridgehead atoms. The van der Waals surface area contributed by atoms with Crippen LogP contribution in [0.15, 0.2) is 42.5 Å². The molecule has 0 aliphatic carbocycles. The molecule has 4 heteroatoms. The highest BCUT2D eigenvalue weighted by molar-refractivity contribution is 6.30. The molecule has 0 radical (unpaired) electrons. The van der Waals surface area contributed by atoms with E-state index in [1.54, 1.807) is 0 Å². The van der Waals surface area contributed by atoms with Gasteiger partial charge in [-0.3, -0.25) is 4.79 Å². The zero-order valence-corrected chi connectivity index (χ0v) is 11.2. The number of fused-ring (bicyclic) bond motifs is 1. The zero-order chi connectivity index (χ0) is 13.4. The normalized spacial score (nSPS) is 16.9. The van der Waals surface area contributed by atoms with Gasteiger partial charge in [-0.15, -0.1) is 0 Å². The van der Waals surface area contributed by atoms with E-state index in [0.717, 1.165) is 22.5 Å². The van der Waals surface area contributed by atoms with Crippen LogP contribution in [0.3, 0.4) is 0 Å². The summed E-state index contributed by atoms with van der Waals surface area (Å²) in [4.78, 5) is 12.0. The van der Waals surface area contributed by atoms with Gasteiger partial charge in [-0.2, -0.15) is 0 Å². The molecule has 1 heterocycles. The van der Waals surface area contributed by atoms with Crippen LogP contribution in [0.4, 0.5) is 11.4 Å².